The lowest BCUT2D eigenvalue weighted by Crippen LogP contribution is -2.61. The minimum atomic E-state index is -3.80. The van der Waals surface area contributed by atoms with Gasteiger partial charge < -0.3 is 18.9 Å². The fraction of sp³-hybridized carbons (Fsp3) is 0.769. The van der Waals surface area contributed by atoms with Gasteiger partial charge in [-0.3, -0.25) is 18.6 Å². The van der Waals surface area contributed by atoms with Crippen molar-refractivity contribution >= 4 is 40.7 Å². The summed E-state index contributed by atoms with van der Waals surface area (Å²) in [6, 6.07) is 0. The Kier molecular flexibility index (Phi) is 7.65. The lowest BCUT2D eigenvalue weighted by molar-refractivity contribution is -0.234. The first-order valence-corrected chi connectivity index (χ1v) is 9.43. The Morgan fingerprint density at radius 1 is 0.920 bits per heavy atom. The van der Waals surface area contributed by atoms with Crippen molar-refractivity contribution in [3.8, 4) is 0 Å². The van der Waals surface area contributed by atoms with Gasteiger partial charge in [0.1, 0.15) is 11.5 Å². The van der Waals surface area contributed by atoms with Crippen LogP contribution < -0.4 is 0 Å². The van der Waals surface area contributed by atoms with Gasteiger partial charge in [-0.1, -0.05) is 0 Å². The molecule has 0 saturated carbocycles. The smallest absolute Gasteiger partial charge is 0.303 e. The quantitative estimate of drug-likeness (QED) is 0.267. The van der Waals surface area contributed by atoms with Crippen molar-refractivity contribution in [2.24, 2.45) is 0 Å². The normalized spacial score (nSPS) is 29.6. The van der Waals surface area contributed by atoms with Gasteiger partial charge in [0, 0.05) is 20.8 Å². The summed E-state index contributed by atoms with van der Waals surface area (Å²) >= 11 is 4.13. The number of esters is 3. The Labute approximate surface area is 150 Å². The average molecular weight is 400 g/mol. The highest BCUT2D eigenvalue weighted by Crippen LogP contribution is 2.30. The molecule has 0 spiro atoms. The van der Waals surface area contributed by atoms with E-state index in [9.17, 15) is 22.8 Å². The van der Waals surface area contributed by atoms with Gasteiger partial charge >= 0.3 is 17.9 Å². The van der Waals surface area contributed by atoms with Gasteiger partial charge in [0.25, 0.3) is 10.1 Å². The number of hydrogen-bond acceptors (Lipinski definition) is 11. The highest BCUT2D eigenvalue weighted by atomic mass is 32.2. The van der Waals surface area contributed by atoms with Crippen LogP contribution in [0.5, 0.6) is 0 Å². The first-order valence-electron chi connectivity index (χ1n) is 7.10. The summed E-state index contributed by atoms with van der Waals surface area (Å²) in [6.07, 6.45) is -3.99. The van der Waals surface area contributed by atoms with Crippen LogP contribution in [0.2, 0.25) is 0 Å². The average Bonchev–Trinajstić information content (AvgIpc) is 2.41. The Hall–Kier alpha value is -1.37. The van der Waals surface area contributed by atoms with Gasteiger partial charge in [0.2, 0.25) is 0 Å². The third kappa shape index (κ3) is 7.18. The molecule has 0 bridgehead atoms. The second-order valence-electron chi connectivity index (χ2n) is 5.28. The lowest BCUT2D eigenvalue weighted by Gasteiger charge is -2.43. The van der Waals surface area contributed by atoms with Crippen LogP contribution in [-0.4, -0.2) is 69.0 Å². The molecule has 144 valence electrons. The second-order valence-corrected chi connectivity index (χ2v) is 7.43. The predicted molar refractivity (Wildman–Crippen MR) is 85.1 cm³/mol. The second kappa shape index (κ2) is 8.83. The zero-order valence-corrected chi connectivity index (χ0v) is 15.7. The number of thiol groups is 1. The van der Waals surface area contributed by atoms with Gasteiger partial charge in [0.05, 0.1) is 12.9 Å². The zero-order valence-electron chi connectivity index (χ0n) is 14.0. The van der Waals surface area contributed by atoms with E-state index in [0.717, 1.165) is 27.0 Å². The van der Waals surface area contributed by atoms with Crippen LogP contribution in [0.25, 0.3) is 0 Å². The van der Waals surface area contributed by atoms with E-state index in [1.807, 2.05) is 0 Å². The van der Waals surface area contributed by atoms with Crippen molar-refractivity contribution in [2.45, 2.75) is 50.6 Å². The number of ether oxygens (including phenoxy) is 4. The molecule has 1 heterocycles. The molecule has 0 unspecified atom stereocenters. The summed E-state index contributed by atoms with van der Waals surface area (Å²) in [5.41, 5.74) is -1.08. The Bertz CT molecular complexity index is 616. The number of carbonyl (C=O) groups is 3. The minimum Gasteiger partial charge on any atom is -0.456 e. The third-order valence-corrected chi connectivity index (χ3v) is 3.94. The molecule has 25 heavy (non-hydrogen) atoms. The highest BCUT2D eigenvalue weighted by Gasteiger charge is 2.51. The van der Waals surface area contributed by atoms with E-state index in [4.69, 9.17) is 18.9 Å². The molecule has 12 heteroatoms. The molecule has 0 N–H and O–H groups in total. The summed E-state index contributed by atoms with van der Waals surface area (Å²) in [5, 5.41) is 0. The van der Waals surface area contributed by atoms with Crippen molar-refractivity contribution < 1.29 is 45.9 Å². The van der Waals surface area contributed by atoms with Gasteiger partial charge in [-0.25, -0.2) is 0 Å². The fourth-order valence-corrected chi connectivity index (χ4v) is 2.96. The monoisotopic (exact) mass is 400 g/mol. The maximum absolute atomic E-state index is 11.4. The number of carbonyl (C=O) groups excluding carboxylic acids is 3. The molecule has 1 aliphatic rings. The molecule has 0 aromatic rings. The maximum atomic E-state index is 11.4. The molecule has 10 nitrogen and oxygen atoms in total. The van der Waals surface area contributed by atoms with Gasteiger partial charge in [-0.05, 0) is 0 Å². The third-order valence-electron chi connectivity index (χ3n) is 2.96. The molecular weight excluding hydrogens is 380 g/mol. The summed E-state index contributed by atoms with van der Waals surface area (Å²) in [5.74, 6) is -2.17. The van der Waals surface area contributed by atoms with Crippen LogP contribution >= 0.6 is 12.6 Å². The Balaban J connectivity index is 3.15. The van der Waals surface area contributed by atoms with E-state index in [1.165, 1.54) is 0 Å². The Morgan fingerprint density at radius 3 is 1.80 bits per heavy atom. The molecule has 1 fully saturated rings. The fourth-order valence-electron chi connectivity index (χ4n) is 2.20. The molecule has 5 atom stereocenters. The lowest BCUT2D eigenvalue weighted by atomic mass is 9.99. The largest absolute Gasteiger partial charge is 0.456 e. The molecule has 0 aromatic carbocycles. The van der Waals surface area contributed by atoms with Crippen molar-refractivity contribution in [1.29, 1.82) is 0 Å². The van der Waals surface area contributed by atoms with E-state index < -0.39 is 64.5 Å². The molecule has 1 aliphatic heterocycles. The molecule has 1 saturated heterocycles. The van der Waals surface area contributed by atoms with Crippen LogP contribution in [0.4, 0.5) is 0 Å². The predicted octanol–water partition coefficient (Wildman–Crippen LogP) is -0.588. The van der Waals surface area contributed by atoms with Gasteiger partial charge in [-0.2, -0.15) is 8.42 Å². The van der Waals surface area contributed by atoms with E-state index in [0.29, 0.717) is 0 Å². The van der Waals surface area contributed by atoms with Crippen molar-refractivity contribution in [2.75, 3.05) is 12.9 Å². The topological polar surface area (TPSA) is 132 Å². The van der Waals surface area contributed by atoms with Crippen LogP contribution in [0, 0.1) is 0 Å². The molecule has 1 rings (SSSR count). The standard InChI is InChI=1S/C13H20O10S2/c1-6(14)20-10-9(5-19-25(4,17)18)23-13(24)12(22-8(3)16)11(10)21-7(2)15/h9-13,24H,5H2,1-4H3/t9-,10-,11+,12+,13-/m1/s1. The Morgan fingerprint density at radius 2 is 1.36 bits per heavy atom. The molecule has 0 aromatic heterocycles. The van der Waals surface area contributed by atoms with E-state index in [2.05, 4.69) is 16.8 Å². The molecular formula is C13H20O10S2. The van der Waals surface area contributed by atoms with Crippen molar-refractivity contribution in [1.82, 2.24) is 0 Å². The SMILES string of the molecule is CC(=O)O[C@@H]1[C@H](OC(C)=O)[C@@H](S)O[C@H](COS(C)(=O)=O)[C@H]1OC(C)=O. The first-order chi connectivity index (χ1) is 11.4. The van der Waals surface area contributed by atoms with E-state index in [1.54, 1.807) is 0 Å². The van der Waals surface area contributed by atoms with Crippen LogP contribution in [0.15, 0.2) is 0 Å². The first kappa shape index (κ1) is 21.7. The van der Waals surface area contributed by atoms with Crippen LogP contribution in [-0.2, 0) is 47.6 Å². The van der Waals surface area contributed by atoms with Crippen molar-refractivity contribution in [3.63, 3.8) is 0 Å². The van der Waals surface area contributed by atoms with E-state index in [-0.39, 0.29) is 0 Å². The highest BCUT2D eigenvalue weighted by molar-refractivity contribution is 7.86. The maximum Gasteiger partial charge on any atom is 0.303 e. The van der Waals surface area contributed by atoms with Gasteiger partial charge in [0.15, 0.2) is 18.3 Å². The van der Waals surface area contributed by atoms with Crippen molar-refractivity contribution in [3.05, 3.63) is 0 Å². The number of rotatable bonds is 6. The summed E-state index contributed by atoms with van der Waals surface area (Å²) < 4.78 is 47.8. The van der Waals surface area contributed by atoms with Crippen LogP contribution in [0.1, 0.15) is 20.8 Å². The molecule has 0 radical (unpaired) electrons. The number of hydrogen-bond donors (Lipinski definition) is 1. The summed E-state index contributed by atoms with van der Waals surface area (Å²) in [4.78, 5) is 34.1. The summed E-state index contributed by atoms with van der Waals surface area (Å²) in [7, 11) is -3.80. The minimum absolute atomic E-state index is 0.515. The zero-order chi connectivity index (χ0) is 19.4. The van der Waals surface area contributed by atoms with Crippen LogP contribution in [0.3, 0.4) is 0 Å². The van der Waals surface area contributed by atoms with Gasteiger partial charge in [-0.15, -0.1) is 12.6 Å². The molecule has 0 aliphatic carbocycles. The molecule has 0 amide bonds. The van der Waals surface area contributed by atoms with E-state index >= 15 is 0 Å². The summed E-state index contributed by atoms with van der Waals surface area (Å²) in [6.45, 7) is 2.83.